The Hall–Kier alpha value is -0.310. The molecule has 0 aromatic heterocycles. The molecule has 0 unspecified atom stereocenters. The van der Waals surface area contributed by atoms with Crippen LogP contribution in [0.2, 0.25) is 0 Å². The summed E-state index contributed by atoms with van der Waals surface area (Å²) in [6.45, 7) is 3.81. The van der Waals surface area contributed by atoms with Gasteiger partial charge in [-0.1, -0.05) is 36.9 Å². The number of benzene rings is 1. The predicted molar refractivity (Wildman–Crippen MR) is 49.5 cm³/mol. The average molecular weight is 230 g/mol. The topological polar surface area (TPSA) is 0 Å². The van der Waals surface area contributed by atoms with Gasteiger partial charge in [0.2, 0.25) is 0 Å². The summed E-state index contributed by atoms with van der Waals surface area (Å²) in [5.74, 6) is 0. The number of halogens is 1. The summed E-state index contributed by atoms with van der Waals surface area (Å²) in [6.07, 6.45) is 0. The zero-order chi connectivity index (χ0) is 6.69. The molecule has 1 aromatic carbocycles. The van der Waals surface area contributed by atoms with Gasteiger partial charge >= 0.3 is 0 Å². The van der Waals surface area contributed by atoms with E-state index in [1.165, 1.54) is 5.56 Å². The summed E-state index contributed by atoms with van der Waals surface area (Å²) in [7, 11) is 0. The Morgan fingerprint density at radius 2 is 1.78 bits per heavy atom. The molecule has 0 aliphatic heterocycles. The van der Waals surface area contributed by atoms with Crippen LogP contribution in [0.4, 0.5) is 0 Å². The van der Waals surface area contributed by atoms with Gasteiger partial charge in [0.1, 0.15) is 0 Å². The lowest BCUT2D eigenvalue weighted by Crippen LogP contribution is -1.69. The maximum Gasteiger partial charge on any atom is 0.0130 e. The molecule has 46 valence electrons. The van der Waals surface area contributed by atoms with Crippen LogP contribution in [0.5, 0.6) is 0 Å². The largest absolute Gasteiger partial charge is 0.0850 e. The van der Waals surface area contributed by atoms with Gasteiger partial charge in [-0.05, 0) is 28.2 Å². The Kier molecular flexibility index (Phi) is 2.28. The third kappa shape index (κ3) is 1.82. The van der Waals surface area contributed by atoms with Crippen LogP contribution in [0.3, 0.4) is 0 Å². The van der Waals surface area contributed by atoms with Gasteiger partial charge in [0.15, 0.2) is 0 Å². The molecule has 9 heavy (non-hydrogen) atoms. The maximum atomic E-state index is 3.81. The zero-order valence-corrected chi connectivity index (χ0v) is 7.13. The molecule has 0 saturated heterocycles. The summed E-state index contributed by atoms with van der Waals surface area (Å²) in [4.78, 5) is 0. The molecule has 1 rings (SSSR count). The Morgan fingerprint density at radius 3 is 2.11 bits per heavy atom. The van der Waals surface area contributed by atoms with Gasteiger partial charge in [0, 0.05) is 3.58 Å². The van der Waals surface area contributed by atoms with Crippen LogP contribution in [-0.2, 0) is 0 Å². The van der Waals surface area contributed by atoms with E-state index in [9.17, 15) is 0 Å². The number of hydrogen-bond donors (Lipinski definition) is 0. The molecule has 0 heterocycles. The second-order valence-corrected chi connectivity index (χ2v) is 3.07. The molecule has 1 aromatic rings. The van der Waals surface area contributed by atoms with Gasteiger partial charge in [0.25, 0.3) is 0 Å². The third-order valence-electron chi connectivity index (χ3n) is 1.09. The smallest absolute Gasteiger partial charge is 0.0130 e. The van der Waals surface area contributed by atoms with E-state index >= 15 is 0 Å². The van der Waals surface area contributed by atoms with Gasteiger partial charge in [-0.3, -0.25) is 0 Å². The standard InChI is InChI=1S/C8H7I/c1-7(9)8-5-3-2-4-6-8/h2-6H,1H2. The third-order valence-corrected chi connectivity index (χ3v) is 1.71. The Labute approximate surface area is 68.7 Å². The molecule has 0 bridgehead atoms. The molecular formula is C8H7I. The monoisotopic (exact) mass is 230 g/mol. The molecule has 0 saturated carbocycles. The Bertz CT molecular complexity index is 201. The lowest BCUT2D eigenvalue weighted by Gasteiger charge is -1.92. The highest BCUT2D eigenvalue weighted by atomic mass is 127. The molecule has 0 atom stereocenters. The van der Waals surface area contributed by atoms with E-state index in [0.717, 1.165) is 3.58 Å². The van der Waals surface area contributed by atoms with E-state index in [1.54, 1.807) is 0 Å². The highest BCUT2D eigenvalue weighted by Gasteiger charge is 1.88. The second kappa shape index (κ2) is 3.01. The van der Waals surface area contributed by atoms with Crippen molar-refractivity contribution in [2.45, 2.75) is 0 Å². The molecule has 1 heteroatoms. The van der Waals surface area contributed by atoms with E-state index < -0.39 is 0 Å². The number of hydrogen-bond acceptors (Lipinski definition) is 0. The second-order valence-electron chi connectivity index (χ2n) is 1.77. The first kappa shape index (κ1) is 6.81. The van der Waals surface area contributed by atoms with Crippen LogP contribution in [0.15, 0.2) is 36.9 Å². The van der Waals surface area contributed by atoms with Crippen molar-refractivity contribution in [1.82, 2.24) is 0 Å². The van der Waals surface area contributed by atoms with E-state index in [2.05, 4.69) is 41.3 Å². The first-order valence-corrected chi connectivity index (χ1v) is 3.78. The van der Waals surface area contributed by atoms with Crippen LogP contribution < -0.4 is 0 Å². The van der Waals surface area contributed by atoms with Crippen LogP contribution in [0, 0.1) is 0 Å². The SMILES string of the molecule is C=C(I)c1ccccc1. The summed E-state index contributed by atoms with van der Waals surface area (Å²) >= 11 is 2.21. The normalized spacial score (nSPS) is 9.00. The van der Waals surface area contributed by atoms with E-state index in [0.29, 0.717) is 0 Å². The van der Waals surface area contributed by atoms with Crippen LogP contribution in [0.1, 0.15) is 5.56 Å². The van der Waals surface area contributed by atoms with E-state index in [1.807, 2.05) is 18.2 Å². The summed E-state index contributed by atoms with van der Waals surface area (Å²) in [5, 5.41) is 0. The van der Waals surface area contributed by atoms with Crippen molar-refractivity contribution in [2.75, 3.05) is 0 Å². The van der Waals surface area contributed by atoms with Crippen LogP contribution in [-0.4, -0.2) is 0 Å². The Morgan fingerprint density at radius 1 is 1.22 bits per heavy atom. The molecule has 0 amide bonds. The molecule has 0 aliphatic carbocycles. The van der Waals surface area contributed by atoms with Crippen molar-refractivity contribution in [3.05, 3.63) is 42.5 Å². The first-order chi connectivity index (χ1) is 4.30. The lowest BCUT2D eigenvalue weighted by molar-refractivity contribution is 1.66. The fourth-order valence-corrected chi connectivity index (χ4v) is 0.979. The molecule has 0 radical (unpaired) electrons. The minimum absolute atomic E-state index is 1.09. The summed E-state index contributed by atoms with van der Waals surface area (Å²) in [6, 6.07) is 10.1. The minimum atomic E-state index is 1.09. The highest BCUT2D eigenvalue weighted by Crippen LogP contribution is 2.17. The molecule has 0 fully saturated rings. The van der Waals surface area contributed by atoms with Crippen LogP contribution >= 0.6 is 22.6 Å². The highest BCUT2D eigenvalue weighted by molar-refractivity contribution is 14.1. The van der Waals surface area contributed by atoms with Crippen molar-refractivity contribution in [3.63, 3.8) is 0 Å². The van der Waals surface area contributed by atoms with Crippen molar-refractivity contribution in [1.29, 1.82) is 0 Å². The van der Waals surface area contributed by atoms with E-state index in [4.69, 9.17) is 0 Å². The molecule has 0 aliphatic rings. The fraction of sp³-hybridized carbons (Fsp3) is 0. The molecule has 0 spiro atoms. The molecule has 0 N–H and O–H groups in total. The van der Waals surface area contributed by atoms with Crippen LogP contribution in [0.25, 0.3) is 3.58 Å². The fourth-order valence-electron chi connectivity index (χ4n) is 0.619. The van der Waals surface area contributed by atoms with Crippen molar-refractivity contribution < 1.29 is 0 Å². The van der Waals surface area contributed by atoms with E-state index in [-0.39, 0.29) is 0 Å². The summed E-state index contributed by atoms with van der Waals surface area (Å²) < 4.78 is 1.09. The van der Waals surface area contributed by atoms with Gasteiger partial charge in [-0.25, -0.2) is 0 Å². The number of rotatable bonds is 1. The van der Waals surface area contributed by atoms with Gasteiger partial charge in [-0.15, -0.1) is 0 Å². The lowest BCUT2D eigenvalue weighted by atomic mass is 10.2. The quantitative estimate of drug-likeness (QED) is 0.650. The van der Waals surface area contributed by atoms with Crippen molar-refractivity contribution in [3.8, 4) is 0 Å². The minimum Gasteiger partial charge on any atom is -0.0850 e. The van der Waals surface area contributed by atoms with Crippen molar-refractivity contribution >= 4 is 26.2 Å². The average Bonchev–Trinajstić information content (AvgIpc) is 1.90. The Balaban J connectivity index is 2.98. The molecule has 0 nitrogen and oxygen atoms in total. The molecular weight excluding hydrogens is 223 g/mol. The predicted octanol–water partition coefficient (Wildman–Crippen LogP) is 3.09. The van der Waals surface area contributed by atoms with Gasteiger partial charge in [-0.2, -0.15) is 0 Å². The first-order valence-electron chi connectivity index (χ1n) is 2.70. The van der Waals surface area contributed by atoms with Gasteiger partial charge < -0.3 is 0 Å². The van der Waals surface area contributed by atoms with Crippen molar-refractivity contribution in [2.24, 2.45) is 0 Å². The summed E-state index contributed by atoms with van der Waals surface area (Å²) in [5.41, 5.74) is 1.21. The van der Waals surface area contributed by atoms with Gasteiger partial charge in [0.05, 0.1) is 0 Å². The maximum absolute atomic E-state index is 3.81. The zero-order valence-electron chi connectivity index (χ0n) is 4.97.